The molecule has 18 heavy (non-hydrogen) atoms. The van der Waals surface area contributed by atoms with Gasteiger partial charge in [-0.05, 0) is 18.6 Å². The molecule has 9 heteroatoms. The van der Waals surface area contributed by atoms with E-state index in [0.29, 0.717) is 0 Å². The highest BCUT2D eigenvalue weighted by Gasteiger charge is 2.36. The van der Waals surface area contributed by atoms with Gasteiger partial charge < -0.3 is 4.74 Å². The fraction of sp³-hybridized carbons (Fsp3) is 0.222. The van der Waals surface area contributed by atoms with Crippen molar-refractivity contribution < 1.29 is 26.3 Å². The Hall–Kier alpha value is -1.46. The van der Waals surface area contributed by atoms with Crippen molar-refractivity contribution in [2.24, 2.45) is 0 Å². The van der Waals surface area contributed by atoms with Crippen LogP contribution in [-0.2, 0) is 9.05 Å². The number of hydrogen-bond acceptors (Lipinski definition) is 4. The molecular weight excluding hydrogens is 295 g/mol. The highest BCUT2D eigenvalue weighted by atomic mass is 35.7. The molecule has 0 aliphatic heterocycles. The monoisotopic (exact) mass is 299 g/mol. The van der Waals surface area contributed by atoms with E-state index in [2.05, 4.69) is 4.74 Å². The average molecular weight is 300 g/mol. The maximum Gasteiger partial charge on any atom is 0.573 e. The molecule has 0 heterocycles. The fourth-order valence-electron chi connectivity index (χ4n) is 1.27. The molecule has 0 saturated heterocycles. The normalized spacial score (nSPS) is 12.0. The lowest BCUT2D eigenvalue weighted by atomic mass is 10.1. The highest BCUT2D eigenvalue weighted by Crippen LogP contribution is 2.36. The first-order chi connectivity index (χ1) is 8.06. The van der Waals surface area contributed by atoms with Crippen LogP contribution in [0.15, 0.2) is 17.0 Å². The largest absolute Gasteiger partial charge is 0.573 e. The minimum Gasteiger partial charge on any atom is -0.403 e. The van der Waals surface area contributed by atoms with Crippen molar-refractivity contribution in [1.29, 1.82) is 5.26 Å². The van der Waals surface area contributed by atoms with Crippen molar-refractivity contribution in [2.75, 3.05) is 0 Å². The third kappa shape index (κ3) is 3.27. The zero-order chi connectivity index (χ0) is 14.1. The average Bonchev–Trinajstić information content (AvgIpc) is 2.13. The second kappa shape index (κ2) is 4.66. The lowest BCUT2D eigenvalue weighted by Gasteiger charge is -2.14. The Kier molecular flexibility index (Phi) is 3.78. The molecule has 0 aromatic heterocycles. The van der Waals surface area contributed by atoms with Crippen LogP contribution < -0.4 is 4.74 Å². The van der Waals surface area contributed by atoms with Gasteiger partial charge in [0.25, 0.3) is 9.05 Å². The standard InChI is InChI=1S/C9H5ClF3NO3S/c1-5-2-3-6(4-14)7(17-9(11,12)13)8(5)18(10,15)16/h2-3H,1H3. The fourth-order valence-corrected chi connectivity index (χ4v) is 2.67. The zero-order valence-corrected chi connectivity index (χ0v) is 10.3. The topological polar surface area (TPSA) is 67.2 Å². The van der Waals surface area contributed by atoms with Crippen molar-refractivity contribution in [2.45, 2.75) is 18.2 Å². The maximum absolute atomic E-state index is 12.2. The molecule has 0 aliphatic rings. The van der Waals surface area contributed by atoms with Crippen molar-refractivity contribution >= 4 is 19.7 Å². The van der Waals surface area contributed by atoms with E-state index in [0.717, 1.165) is 12.1 Å². The molecule has 1 aromatic carbocycles. The van der Waals surface area contributed by atoms with E-state index in [1.54, 1.807) is 0 Å². The Morgan fingerprint density at radius 1 is 1.39 bits per heavy atom. The van der Waals surface area contributed by atoms with E-state index in [-0.39, 0.29) is 5.56 Å². The number of ether oxygens (including phenoxy) is 1. The van der Waals surface area contributed by atoms with Crippen LogP contribution in [0, 0.1) is 18.3 Å². The van der Waals surface area contributed by atoms with Crippen molar-refractivity contribution in [3.05, 3.63) is 23.3 Å². The van der Waals surface area contributed by atoms with Crippen LogP contribution in [0.2, 0.25) is 0 Å². The van der Waals surface area contributed by atoms with Crippen molar-refractivity contribution in [3.63, 3.8) is 0 Å². The highest BCUT2D eigenvalue weighted by molar-refractivity contribution is 8.13. The van der Waals surface area contributed by atoms with Crippen LogP contribution in [-0.4, -0.2) is 14.8 Å². The first kappa shape index (κ1) is 14.6. The molecule has 0 radical (unpaired) electrons. The quantitative estimate of drug-likeness (QED) is 0.787. The zero-order valence-electron chi connectivity index (χ0n) is 8.75. The number of nitriles is 1. The predicted octanol–water partition coefficient (Wildman–Crippen LogP) is 2.69. The molecule has 0 unspecified atom stereocenters. The molecule has 0 saturated carbocycles. The summed E-state index contributed by atoms with van der Waals surface area (Å²) in [5.41, 5.74) is -0.625. The smallest absolute Gasteiger partial charge is 0.403 e. The molecule has 0 atom stereocenters. The summed E-state index contributed by atoms with van der Waals surface area (Å²) < 4.78 is 62.6. The summed E-state index contributed by atoms with van der Waals surface area (Å²) in [4.78, 5) is -0.861. The van der Waals surface area contributed by atoms with E-state index in [9.17, 15) is 21.6 Å². The van der Waals surface area contributed by atoms with Crippen LogP contribution >= 0.6 is 10.7 Å². The van der Waals surface area contributed by atoms with E-state index < -0.39 is 31.6 Å². The number of rotatable bonds is 2. The van der Waals surface area contributed by atoms with Crippen LogP contribution in [0.25, 0.3) is 0 Å². The summed E-state index contributed by atoms with van der Waals surface area (Å²) in [6.45, 7) is 1.24. The second-order valence-electron chi connectivity index (χ2n) is 3.19. The van der Waals surface area contributed by atoms with Crippen LogP contribution in [0.1, 0.15) is 11.1 Å². The van der Waals surface area contributed by atoms with Gasteiger partial charge in [0.05, 0.1) is 5.56 Å². The SMILES string of the molecule is Cc1ccc(C#N)c(OC(F)(F)F)c1S(=O)(=O)Cl. The van der Waals surface area contributed by atoms with Crippen molar-refractivity contribution in [3.8, 4) is 11.8 Å². The lowest BCUT2D eigenvalue weighted by Crippen LogP contribution is -2.19. The molecule has 4 nitrogen and oxygen atoms in total. The summed E-state index contributed by atoms with van der Waals surface area (Å²) in [5.74, 6) is -1.11. The van der Waals surface area contributed by atoms with Gasteiger partial charge in [0.1, 0.15) is 11.0 Å². The lowest BCUT2D eigenvalue weighted by molar-refractivity contribution is -0.275. The summed E-state index contributed by atoms with van der Waals surface area (Å²) in [5, 5.41) is 8.66. The van der Waals surface area contributed by atoms with Crippen LogP contribution in [0.5, 0.6) is 5.75 Å². The first-order valence-corrected chi connectivity index (χ1v) is 6.61. The number of hydrogen-bond donors (Lipinski definition) is 0. The van der Waals surface area contributed by atoms with E-state index in [4.69, 9.17) is 15.9 Å². The summed E-state index contributed by atoms with van der Waals surface area (Å²) in [6.07, 6.45) is -5.13. The molecule has 98 valence electrons. The Balaban J connectivity index is 3.64. The number of aryl methyl sites for hydroxylation is 1. The number of halogens is 4. The van der Waals surface area contributed by atoms with Crippen molar-refractivity contribution in [1.82, 2.24) is 0 Å². The minimum atomic E-state index is -5.13. The summed E-state index contributed by atoms with van der Waals surface area (Å²) >= 11 is 0. The van der Waals surface area contributed by atoms with Crippen LogP contribution in [0.3, 0.4) is 0 Å². The Morgan fingerprint density at radius 3 is 2.33 bits per heavy atom. The number of alkyl halides is 3. The maximum atomic E-state index is 12.2. The Bertz CT molecular complexity index is 619. The molecular formula is C9H5ClF3NO3S. The first-order valence-electron chi connectivity index (χ1n) is 4.30. The Labute approximate surface area is 105 Å². The van der Waals surface area contributed by atoms with Gasteiger partial charge in [-0.1, -0.05) is 6.07 Å². The molecule has 0 fully saturated rings. The van der Waals surface area contributed by atoms with E-state index in [1.807, 2.05) is 0 Å². The predicted molar refractivity (Wildman–Crippen MR) is 55.6 cm³/mol. The third-order valence-electron chi connectivity index (χ3n) is 1.89. The third-order valence-corrected chi connectivity index (χ3v) is 3.35. The van der Waals surface area contributed by atoms with E-state index >= 15 is 0 Å². The van der Waals surface area contributed by atoms with Gasteiger partial charge >= 0.3 is 6.36 Å². The molecule has 0 spiro atoms. The molecule has 1 aromatic rings. The summed E-state index contributed by atoms with van der Waals surface area (Å²) in [7, 11) is 0.569. The van der Waals surface area contributed by atoms with Gasteiger partial charge in [0, 0.05) is 10.7 Å². The van der Waals surface area contributed by atoms with Gasteiger partial charge in [0.2, 0.25) is 0 Å². The van der Waals surface area contributed by atoms with Gasteiger partial charge in [-0.3, -0.25) is 0 Å². The molecule has 1 rings (SSSR count). The summed E-state index contributed by atoms with van der Waals surface area (Å²) in [6, 6.07) is 3.59. The van der Waals surface area contributed by atoms with Crippen LogP contribution in [0.4, 0.5) is 13.2 Å². The minimum absolute atomic E-state index is 0.0525. The van der Waals surface area contributed by atoms with Gasteiger partial charge in [-0.25, -0.2) is 8.42 Å². The molecule has 0 aliphatic carbocycles. The molecule has 0 bridgehead atoms. The van der Waals surface area contributed by atoms with Gasteiger partial charge in [-0.15, -0.1) is 13.2 Å². The number of benzene rings is 1. The van der Waals surface area contributed by atoms with Gasteiger partial charge in [0.15, 0.2) is 5.75 Å². The van der Waals surface area contributed by atoms with E-state index in [1.165, 1.54) is 13.0 Å². The Morgan fingerprint density at radius 2 is 1.94 bits per heavy atom. The number of nitrogens with zero attached hydrogens (tertiary/aromatic N) is 1. The molecule has 0 amide bonds. The second-order valence-corrected chi connectivity index (χ2v) is 5.69. The molecule has 0 N–H and O–H groups in total. The van der Waals surface area contributed by atoms with Gasteiger partial charge in [-0.2, -0.15) is 5.26 Å².